The minimum atomic E-state index is -0.364. The highest BCUT2D eigenvalue weighted by Crippen LogP contribution is 2.43. The van der Waals surface area contributed by atoms with Gasteiger partial charge in [0.2, 0.25) is 5.91 Å². The van der Waals surface area contributed by atoms with Crippen LogP contribution in [0.25, 0.3) is 6.08 Å². The second-order valence-electron chi connectivity index (χ2n) is 6.87. The molecule has 1 unspecified atom stereocenters. The maximum absolute atomic E-state index is 12.6. The Morgan fingerprint density at radius 3 is 2.86 bits per heavy atom. The van der Waals surface area contributed by atoms with E-state index in [1.807, 2.05) is 18.2 Å². The SMILES string of the molecule is CCOC(=O)c1c(NC(=O)/C=C/c2ccc(OC)c(Br)c2)sc2c1C(C)CCC2. The minimum absolute atomic E-state index is 0.284. The van der Waals surface area contributed by atoms with E-state index >= 15 is 0 Å². The van der Waals surface area contributed by atoms with Crippen LogP contribution in [0.2, 0.25) is 0 Å². The zero-order valence-corrected chi connectivity index (χ0v) is 19.1. The number of halogens is 1. The highest BCUT2D eigenvalue weighted by molar-refractivity contribution is 9.10. The number of carbonyl (C=O) groups excluding carboxylic acids is 2. The Bertz CT molecular complexity index is 951. The predicted octanol–water partition coefficient (Wildman–Crippen LogP) is 5.79. The molecule has 0 saturated carbocycles. The number of aryl methyl sites for hydroxylation is 1. The smallest absolute Gasteiger partial charge is 0.341 e. The van der Waals surface area contributed by atoms with Gasteiger partial charge in [-0.15, -0.1) is 11.3 Å². The van der Waals surface area contributed by atoms with Crippen LogP contribution in [-0.4, -0.2) is 25.6 Å². The Balaban J connectivity index is 1.83. The third kappa shape index (κ3) is 4.90. The summed E-state index contributed by atoms with van der Waals surface area (Å²) < 4.78 is 11.3. The van der Waals surface area contributed by atoms with Gasteiger partial charge in [-0.1, -0.05) is 13.0 Å². The number of fused-ring (bicyclic) bond motifs is 1. The van der Waals surface area contributed by atoms with Crippen LogP contribution in [-0.2, 0) is 16.0 Å². The second kappa shape index (κ2) is 9.59. The summed E-state index contributed by atoms with van der Waals surface area (Å²) in [5.41, 5.74) is 2.42. The van der Waals surface area contributed by atoms with Gasteiger partial charge in [-0.2, -0.15) is 0 Å². The van der Waals surface area contributed by atoms with E-state index in [4.69, 9.17) is 9.47 Å². The van der Waals surface area contributed by atoms with Gasteiger partial charge in [-0.3, -0.25) is 4.79 Å². The molecule has 0 fully saturated rings. The average Bonchev–Trinajstić information content (AvgIpc) is 3.06. The lowest BCUT2D eigenvalue weighted by Crippen LogP contribution is -2.15. The van der Waals surface area contributed by atoms with Gasteiger partial charge in [0, 0.05) is 11.0 Å². The topological polar surface area (TPSA) is 64.6 Å². The Morgan fingerprint density at radius 2 is 2.17 bits per heavy atom. The van der Waals surface area contributed by atoms with Crippen LogP contribution in [0.3, 0.4) is 0 Å². The summed E-state index contributed by atoms with van der Waals surface area (Å²) in [6.07, 6.45) is 6.25. The summed E-state index contributed by atoms with van der Waals surface area (Å²) in [7, 11) is 1.60. The summed E-state index contributed by atoms with van der Waals surface area (Å²) >= 11 is 4.92. The monoisotopic (exact) mass is 477 g/mol. The Hall–Kier alpha value is -2.12. The maximum Gasteiger partial charge on any atom is 0.341 e. The van der Waals surface area contributed by atoms with Gasteiger partial charge in [-0.05, 0) is 77.4 Å². The van der Waals surface area contributed by atoms with Crippen LogP contribution >= 0.6 is 27.3 Å². The van der Waals surface area contributed by atoms with Crippen LogP contribution in [0.1, 0.15) is 59.0 Å². The molecule has 154 valence electrons. The molecule has 1 N–H and O–H groups in total. The number of hydrogen-bond donors (Lipinski definition) is 1. The molecule has 1 aliphatic carbocycles. The van der Waals surface area contributed by atoms with Gasteiger partial charge in [0.05, 0.1) is 23.8 Å². The third-order valence-electron chi connectivity index (χ3n) is 4.88. The van der Waals surface area contributed by atoms with Crippen molar-refractivity contribution in [3.63, 3.8) is 0 Å². The van der Waals surface area contributed by atoms with Crippen molar-refractivity contribution < 1.29 is 19.1 Å². The molecule has 7 heteroatoms. The van der Waals surface area contributed by atoms with Crippen molar-refractivity contribution >= 4 is 50.2 Å². The number of hydrogen-bond acceptors (Lipinski definition) is 5. The van der Waals surface area contributed by atoms with Crippen LogP contribution in [0, 0.1) is 0 Å². The fourth-order valence-electron chi connectivity index (χ4n) is 3.52. The molecule has 0 bridgehead atoms. The van der Waals surface area contributed by atoms with E-state index in [1.165, 1.54) is 22.3 Å². The molecule has 1 amide bonds. The van der Waals surface area contributed by atoms with E-state index in [9.17, 15) is 9.59 Å². The zero-order valence-electron chi connectivity index (χ0n) is 16.7. The van der Waals surface area contributed by atoms with E-state index in [-0.39, 0.29) is 17.8 Å². The summed E-state index contributed by atoms with van der Waals surface area (Å²) in [4.78, 5) is 26.3. The number of esters is 1. The fourth-order valence-corrected chi connectivity index (χ4v) is 5.43. The van der Waals surface area contributed by atoms with Gasteiger partial charge in [0.1, 0.15) is 10.8 Å². The number of methoxy groups -OCH3 is 1. The standard InChI is InChI=1S/C22H24BrNO4S/c1-4-28-22(26)20-19-13(2)6-5-7-17(19)29-21(20)24-18(25)11-9-14-8-10-16(27-3)15(23)12-14/h8-13H,4-7H2,1-3H3,(H,24,25)/b11-9+. The van der Waals surface area contributed by atoms with Crippen molar-refractivity contribution in [1.29, 1.82) is 0 Å². The van der Waals surface area contributed by atoms with Crippen molar-refractivity contribution in [2.45, 2.75) is 39.0 Å². The summed E-state index contributed by atoms with van der Waals surface area (Å²) in [6.45, 7) is 4.21. The van der Waals surface area contributed by atoms with E-state index in [2.05, 4.69) is 28.2 Å². The molecule has 1 aromatic heterocycles. The number of amides is 1. The van der Waals surface area contributed by atoms with Gasteiger partial charge in [0.25, 0.3) is 0 Å². The van der Waals surface area contributed by atoms with Crippen LogP contribution in [0.4, 0.5) is 5.00 Å². The van der Waals surface area contributed by atoms with Gasteiger partial charge in [0.15, 0.2) is 0 Å². The zero-order chi connectivity index (χ0) is 21.0. The number of nitrogens with one attached hydrogen (secondary N) is 1. The molecule has 1 atom stereocenters. The lowest BCUT2D eigenvalue weighted by atomic mass is 9.86. The summed E-state index contributed by atoms with van der Waals surface area (Å²) in [6, 6.07) is 5.57. The van der Waals surface area contributed by atoms with Crippen molar-refractivity contribution in [1.82, 2.24) is 0 Å². The molecule has 0 radical (unpaired) electrons. The Kier molecular flexibility index (Phi) is 7.14. The maximum atomic E-state index is 12.6. The Morgan fingerprint density at radius 1 is 1.38 bits per heavy atom. The van der Waals surface area contributed by atoms with Crippen molar-refractivity contribution in [3.05, 3.63) is 50.3 Å². The largest absolute Gasteiger partial charge is 0.496 e. The molecule has 1 heterocycles. The number of thiophene rings is 1. The first kappa shape index (κ1) is 21.6. The van der Waals surface area contributed by atoms with E-state index in [0.29, 0.717) is 17.2 Å². The molecule has 3 rings (SSSR count). The number of ether oxygens (including phenoxy) is 2. The molecule has 29 heavy (non-hydrogen) atoms. The van der Waals surface area contributed by atoms with Crippen molar-refractivity contribution in [2.75, 3.05) is 19.0 Å². The average molecular weight is 478 g/mol. The number of benzene rings is 1. The number of rotatable bonds is 6. The third-order valence-corrected chi connectivity index (χ3v) is 6.68. The van der Waals surface area contributed by atoms with Crippen molar-refractivity contribution in [3.8, 4) is 5.75 Å². The molecule has 0 aliphatic heterocycles. The molecular weight excluding hydrogens is 454 g/mol. The lowest BCUT2D eigenvalue weighted by molar-refractivity contribution is -0.111. The molecular formula is C22H24BrNO4S. The van der Waals surface area contributed by atoms with E-state index in [1.54, 1.807) is 20.1 Å². The summed E-state index contributed by atoms with van der Waals surface area (Å²) in [5.74, 6) is 0.363. The second-order valence-corrected chi connectivity index (χ2v) is 8.83. The Labute approximate surface area is 183 Å². The quantitative estimate of drug-likeness (QED) is 0.422. The highest BCUT2D eigenvalue weighted by Gasteiger charge is 2.30. The van der Waals surface area contributed by atoms with E-state index < -0.39 is 0 Å². The van der Waals surface area contributed by atoms with Gasteiger partial charge >= 0.3 is 5.97 Å². The molecule has 2 aromatic rings. The molecule has 0 spiro atoms. The first-order chi connectivity index (χ1) is 13.9. The van der Waals surface area contributed by atoms with E-state index in [0.717, 1.165) is 40.6 Å². The first-order valence-corrected chi connectivity index (χ1v) is 11.2. The molecule has 1 aromatic carbocycles. The lowest BCUT2D eigenvalue weighted by Gasteiger charge is -2.19. The molecule has 1 aliphatic rings. The van der Waals surface area contributed by atoms with Crippen LogP contribution < -0.4 is 10.1 Å². The van der Waals surface area contributed by atoms with Crippen LogP contribution in [0.5, 0.6) is 5.75 Å². The van der Waals surface area contributed by atoms with Gasteiger partial charge in [-0.25, -0.2) is 4.79 Å². The minimum Gasteiger partial charge on any atom is -0.496 e. The normalized spacial score (nSPS) is 15.8. The number of carbonyl (C=O) groups is 2. The van der Waals surface area contributed by atoms with Crippen molar-refractivity contribution in [2.24, 2.45) is 0 Å². The molecule has 0 saturated heterocycles. The number of anilines is 1. The first-order valence-electron chi connectivity index (χ1n) is 9.59. The summed E-state index contributed by atoms with van der Waals surface area (Å²) in [5, 5.41) is 3.47. The highest BCUT2D eigenvalue weighted by atomic mass is 79.9. The predicted molar refractivity (Wildman–Crippen MR) is 120 cm³/mol. The fraction of sp³-hybridized carbons (Fsp3) is 0.364. The molecule has 5 nitrogen and oxygen atoms in total. The van der Waals surface area contributed by atoms with Gasteiger partial charge < -0.3 is 14.8 Å². The van der Waals surface area contributed by atoms with Crippen LogP contribution in [0.15, 0.2) is 28.7 Å².